The summed E-state index contributed by atoms with van der Waals surface area (Å²) in [7, 11) is 1.68. The fraction of sp³-hybridized carbons (Fsp3) is 0.160. The normalized spacial score (nSPS) is 12.1. The summed E-state index contributed by atoms with van der Waals surface area (Å²) in [5, 5.41) is 6.24. The van der Waals surface area contributed by atoms with Gasteiger partial charge in [0.05, 0.1) is 12.8 Å². The molecule has 0 fully saturated rings. The van der Waals surface area contributed by atoms with Crippen molar-refractivity contribution in [2.45, 2.75) is 19.5 Å². The highest BCUT2D eigenvalue weighted by molar-refractivity contribution is 5.86. The van der Waals surface area contributed by atoms with Crippen molar-refractivity contribution < 1.29 is 4.74 Å². The van der Waals surface area contributed by atoms with Crippen LogP contribution in [-0.4, -0.2) is 12.1 Å². The molecule has 3 heteroatoms. The third kappa shape index (κ3) is 3.90. The second-order valence-electron chi connectivity index (χ2n) is 6.95. The first-order valence-electron chi connectivity index (χ1n) is 9.55. The monoisotopic (exact) mass is 368 g/mol. The van der Waals surface area contributed by atoms with E-state index < -0.39 is 0 Å². The van der Waals surface area contributed by atoms with Gasteiger partial charge in [-0.15, -0.1) is 0 Å². The average molecular weight is 368 g/mol. The van der Waals surface area contributed by atoms with Crippen LogP contribution >= 0.6 is 0 Å². The van der Waals surface area contributed by atoms with E-state index >= 15 is 0 Å². The van der Waals surface area contributed by atoms with Crippen LogP contribution in [0.3, 0.4) is 0 Å². The van der Waals surface area contributed by atoms with Gasteiger partial charge in [0.2, 0.25) is 0 Å². The Morgan fingerprint density at radius 2 is 1.71 bits per heavy atom. The van der Waals surface area contributed by atoms with Crippen LogP contribution in [0.4, 0.5) is 0 Å². The molecule has 0 saturated carbocycles. The van der Waals surface area contributed by atoms with Crippen LogP contribution in [-0.2, 0) is 6.54 Å². The van der Waals surface area contributed by atoms with Gasteiger partial charge in [-0.1, -0.05) is 42.5 Å². The highest BCUT2D eigenvalue weighted by atomic mass is 16.5. The number of nitrogens with one attached hydrogen (secondary N) is 1. The molecule has 0 bridgehead atoms. The molecule has 0 unspecified atom stereocenters. The first-order valence-corrected chi connectivity index (χ1v) is 9.55. The van der Waals surface area contributed by atoms with Crippen molar-refractivity contribution in [2.24, 2.45) is 0 Å². The molecule has 0 amide bonds. The van der Waals surface area contributed by atoms with Crippen molar-refractivity contribution in [3.63, 3.8) is 0 Å². The molecule has 0 spiro atoms. The van der Waals surface area contributed by atoms with E-state index in [-0.39, 0.29) is 6.04 Å². The van der Waals surface area contributed by atoms with Crippen molar-refractivity contribution in [2.75, 3.05) is 7.11 Å². The van der Waals surface area contributed by atoms with Gasteiger partial charge in [0, 0.05) is 24.3 Å². The Kier molecular flexibility index (Phi) is 5.36. The quantitative estimate of drug-likeness (QED) is 0.470. The molecule has 0 saturated heterocycles. The van der Waals surface area contributed by atoms with Crippen LogP contribution in [0.15, 0.2) is 85.1 Å². The van der Waals surface area contributed by atoms with E-state index in [1.807, 2.05) is 30.5 Å². The molecule has 4 rings (SSSR count). The van der Waals surface area contributed by atoms with Gasteiger partial charge in [0.1, 0.15) is 5.75 Å². The summed E-state index contributed by atoms with van der Waals surface area (Å²) in [5.41, 5.74) is 4.60. The van der Waals surface area contributed by atoms with Crippen LogP contribution < -0.4 is 10.1 Å². The predicted molar refractivity (Wildman–Crippen MR) is 115 cm³/mol. The van der Waals surface area contributed by atoms with E-state index in [4.69, 9.17) is 4.74 Å². The zero-order valence-electron chi connectivity index (χ0n) is 16.2. The number of methoxy groups -OCH3 is 1. The smallest absolute Gasteiger partial charge is 0.118 e. The van der Waals surface area contributed by atoms with Crippen molar-refractivity contribution in [1.82, 2.24) is 10.3 Å². The van der Waals surface area contributed by atoms with Crippen LogP contribution in [0.2, 0.25) is 0 Å². The van der Waals surface area contributed by atoms with Gasteiger partial charge in [0.15, 0.2) is 0 Å². The molecule has 1 heterocycles. The van der Waals surface area contributed by atoms with Crippen molar-refractivity contribution in [3.8, 4) is 17.0 Å². The summed E-state index contributed by atoms with van der Waals surface area (Å²) in [6.45, 7) is 3.00. The van der Waals surface area contributed by atoms with Crippen molar-refractivity contribution in [3.05, 3.63) is 96.2 Å². The zero-order chi connectivity index (χ0) is 19.3. The minimum absolute atomic E-state index is 0.253. The van der Waals surface area contributed by atoms with Gasteiger partial charge in [-0.3, -0.25) is 4.98 Å². The van der Waals surface area contributed by atoms with Gasteiger partial charge in [0.25, 0.3) is 0 Å². The number of nitrogens with zero attached hydrogens (tertiary/aromatic N) is 1. The molecule has 0 aliphatic carbocycles. The third-order valence-corrected chi connectivity index (χ3v) is 5.11. The number of aromatic nitrogens is 1. The molecule has 4 aromatic rings. The topological polar surface area (TPSA) is 34.1 Å². The Morgan fingerprint density at radius 3 is 2.54 bits per heavy atom. The van der Waals surface area contributed by atoms with Gasteiger partial charge in [-0.25, -0.2) is 0 Å². The molecule has 140 valence electrons. The fourth-order valence-corrected chi connectivity index (χ4v) is 3.51. The number of rotatable bonds is 6. The van der Waals surface area contributed by atoms with E-state index in [9.17, 15) is 0 Å². The minimum atomic E-state index is 0.253. The average Bonchev–Trinajstić information content (AvgIpc) is 2.77. The number of hydrogen-bond acceptors (Lipinski definition) is 3. The Hall–Kier alpha value is -3.17. The number of hydrogen-bond donors (Lipinski definition) is 1. The summed E-state index contributed by atoms with van der Waals surface area (Å²) >= 11 is 0. The van der Waals surface area contributed by atoms with Gasteiger partial charge >= 0.3 is 0 Å². The summed E-state index contributed by atoms with van der Waals surface area (Å²) in [6.07, 6.45) is 1.87. The Morgan fingerprint density at radius 1 is 0.929 bits per heavy atom. The van der Waals surface area contributed by atoms with Crippen LogP contribution in [0.25, 0.3) is 22.0 Å². The summed E-state index contributed by atoms with van der Waals surface area (Å²) in [4.78, 5) is 4.52. The van der Waals surface area contributed by atoms with Crippen LogP contribution in [0.5, 0.6) is 5.75 Å². The lowest BCUT2D eigenvalue weighted by Crippen LogP contribution is -2.18. The fourth-order valence-electron chi connectivity index (χ4n) is 3.51. The van der Waals surface area contributed by atoms with E-state index in [0.29, 0.717) is 0 Å². The summed E-state index contributed by atoms with van der Waals surface area (Å²) < 4.78 is 5.24. The Bertz CT molecular complexity index is 1070. The van der Waals surface area contributed by atoms with E-state index in [2.05, 4.69) is 71.8 Å². The largest absolute Gasteiger partial charge is 0.497 e. The maximum atomic E-state index is 5.24. The summed E-state index contributed by atoms with van der Waals surface area (Å²) in [5.74, 6) is 0.852. The van der Waals surface area contributed by atoms with E-state index in [1.165, 1.54) is 21.9 Å². The highest BCUT2D eigenvalue weighted by Crippen LogP contribution is 2.25. The minimum Gasteiger partial charge on any atom is -0.497 e. The molecule has 3 aromatic carbocycles. The maximum absolute atomic E-state index is 5.24. The zero-order valence-corrected chi connectivity index (χ0v) is 16.2. The molecule has 28 heavy (non-hydrogen) atoms. The Labute approximate surface area is 166 Å². The number of benzene rings is 3. The molecular formula is C25H24N2O. The van der Waals surface area contributed by atoms with E-state index in [1.54, 1.807) is 7.11 Å². The van der Waals surface area contributed by atoms with Crippen molar-refractivity contribution >= 4 is 10.8 Å². The van der Waals surface area contributed by atoms with Crippen molar-refractivity contribution in [1.29, 1.82) is 0 Å². The first-order chi connectivity index (χ1) is 13.7. The van der Waals surface area contributed by atoms with Gasteiger partial charge in [-0.05, 0) is 65.2 Å². The molecule has 0 aliphatic rings. The molecule has 0 aliphatic heterocycles. The lowest BCUT2D eigenvalue weighted by Gasteiger charge is -2.17. The second kappa shape index (κ2) is 8.24. The molecule has 0 radical (unpaired) electrons. The molecule has 1 aromatic heterocycles. The predicted octanol–water partition coefficient (Wildman–Crippen LogP) is 5.76. The standard InChI is InChI=1S/C25H24N2O/c1-18(23-9-5-7-20-6-3-4-8-24(20)23)27-17-19-14-15-26-25(16-19)21-10-12-22(28-2)13-11-21/h3-16,18,27H,17H2,1-2H3/t18-/m1/s1. The van der Waals surface area contributed by atoms with Gasteiger partial charge < -0.3 is 10.1 Å². The molecule has 1 N–H and O–H groups in total. The SMILES string of the molecule is COc1ccc(-c2cc(CN[C@H](C)c3cccc4ccccc34)ccn2)cc1. The first kappa shape index (κ1) is 18.2. The molecular weight excluding hydrogens is 344 g/mol. The highest BCUT2D eigenvalue weighted by Gasteiger charge is 2.09. The molecule has 3 nitrogen and oxygen atoms in total. The lowest BCUT2D eigenvalue weighted by atomic mass is 9.99. The number of pyridine rings is 1. The third-order valence-electron chi connectivity index (χ3n) is 5.11. The number of fused-ring (bicyclic) bond motifs is 1. The molecule has 1 atom stereocenters. The van der Waals surface area contributed by atoms with Crippen LogP contribution in [0.1, 0.15) is 24.1 Å². The number of ether oxygens (including phenoxy) is 1. The van der Waals surface area contributed by atoms with Crippen LogP contribution in [0, 0.1) is 0 Å². The lowest BCUT2D eigenvalue weighted by molar-refractivity contribution is 0.415. The maximum Gasteiger partial charge on any atom is 0.118 e. The summed E-state index contributed by atoms with van der Waals surface area (Å²) in [6, 6.07) is 27.5. The van der Waals surface area contributed by atoms with E-state index in [0.717, 1.165) is 23.6 Å². The second-order valence-corrected chi connectivity index (χ2v) is 6.95. The Balaban J connectivity index is 1.50. The van der Waals surface area contributed by atoms with Gasteiger partial charge in [-0.2, -0.15) is 0 Å².